The van der Waals surface area contributed by atoms with Gasteiger partial charge in [-0.05, 0) is 6.07 Å². The average Bonchev–Trinajstić information content (AvgIpc) is 2.38. The lowest BCUT2D eigenvalue weighted by Gasteiger charge is -2.32. The fraction of sp³-hybridized carbons (Fsp3) is 0.364. The largest absolute Gasteiger partial charge is 0.373 e. The highest BCUT2D eigenvalue weighted by molar-refractivity contribution is 9.10. The van der Waals surface area contributed by atoms with Gasteiger partial charge in [0.05, 0.1) is 17.1 Å². The number of halogens is 4. The number of ether oxygens (including phenoxy) is 1. The minimum atomic E-state index is -3.53. The zero-order chi connectivity index (χ0) is 15.8. The molecule has 1 aliphatic heterocycles. The molecule has 1 aliphatic rings. The number of amides is 1. The van der Waals surface area contributed by atoms with Gasteiger partial charge in [0.1, 0.15) is 6.54 Å². The van der Waals surface area contributed by atoms with Gasteiger partial charge in [0.25, 0.3) is 5.91 Å². The molecule has 21 heavy (non-hydrogen) atoms. The van der Waals surface area contributed by atoms with Gasteiger partial charge in [0.2, 0.25) is 5.82 Å². The number of nitro groups is 1. The lowest BCUT2D eigenvalue weighted by Crippen LogP contribution is -2.49. The van der Waals surface area contributed by atoms with Gasteiger partial charge in [-0.25, -0.2) is 0 Å². The second kappa shape index (κ2) is 5.60. The van der Waals surface area contributed by atoms with E-state index in [1.807, 2.05) is 0 Å². The van der Waals surface area contributed by atoms with E-state index in [1.54, 1.807) is 0 Å². The zero-order valence-electron chi connectivity index (χ0n) is 10.3. The standard InChI is InChI=1S/C11H8BrF3N2O4/c12-6-3-7(9(13)8(4-6)17(19)20)10(18)16-1-2-21-11(14,15)5-16/h3-4H,1-2,5H2. The van der Waals surface area contributed by atoms with Crippen LogP contribution in [-0.4, -0.2) is 41.5 Å². The van der Waals surface area contributed by atoms with Crippen molar-refractivity contribution in [1.29, 1.82) is 0 Å². The summed E-state index contributed by atoms with van der Waals surface area (Å²) < 4.78 is 44.4. The lowest BCUT2D eigenvalue weighted by molar-refractivity contribution is -0.387. The monoisotopic (exact) mass is 368 g/mol. The first-order valence-corrected chi connectivity index (χ1v) is 6.45. The maximum atomic E-state index is 14.0. The number of alkyl halides is 2. The molecule has 0 spiro atoms. The summed E-state index contributed by atoms with van der Waals surface area (Å²) in [5, 5.41) is 10.7. The van der Waals surface area contributed by atoms with Crippen LogP contribution in [0.25, 0.3) is 0 Å². The number of benzene rings is 1. The number of carbonyl (C=O) groups excluding carboxylic acids is 1. The van der Waals surface area contributed by atoms with Crippen molar-refractivity contribution >= 4 is 27.5 Å². The highest BCUT2D eigenvalue weighted by atomic mass is 79.9. The topological polar surface area (TPSA) is 72.7 Å². The van der Waals surface area contributed by atoms with E-state index >= 15 is 0 Å². The van der Waals surface area contributed by atoms with E-state index in [2.05, 4.69) is 20.7 Å². The van der Waals surface area contributed by atoms with Gasteiger partial charge < -0.3 is 9.64 Å². The summed E-state index contributed by atoms with van der Waals surface area (Å²) in [6.45, 7) is -1.60. The van der Waals surface area contributed by atoms with Crippen LogP contribution in [0.2, 0.25) is 0 Å². The summed E-state index contributed by atoms with van der Waals surface area (Å²) in [6, 6.07) is 1.90. The number of hydrogen-bond donors (Lipinski definition) is 0. The third-order valence-corrected chi connectivity index (χ3v) is 3.24. The Labute approximate surface area is 124 Å². The van der Waals surface area contributed by atoms with Gasteiger partial charge in [-0.1, -0.05) is 15.9 Å². The van der Waals surface area contributed by atoms with E-state index in [1.165, 1.54) is 0 Å². The average molecular weight is 369 g/mol. The van der Waals surface area contributed by atoms with Crippen molar-refractivity contribution in [2.24, 2.45) is 0 Å². The molecule has 0 bridgehead atoms. The molecule has 0 aromatic heterocycles. The molecule has 6 nitrogen and oxygen atoms in total. The quantitative estimate of drug-likeness (QED) is 0.594. The first kappa shape index (κ1) is 15.7. The van der Waals surface area contributed by atoms with Crippen LogP contribution >= 0.6 is 15.9 Å². The van der Waals surface area contributed by atoms with Crippen LogP contribution in [0, 0.1) is 15.9 Å². The summed E-state index contributed by atoms with van der Waals surface area (Å²) in [6.07, 6.45) is -3.53. The van der Waals surface area contributed by atoms with Gasteiger partial charge in [0.15, 0.2) is 0 Å². The molecule has 114 valence electrons. The molecule has 0 N–H and O–H groups in total. The maximum Gasteiger partial charge on any atom is 0.373 e. The van der Waals surface area contributed by atoms with Gasteiger partial charge in [-0.15, -0.1) is 0 Å². The molecular weight excluding hydrogens is 361 g/mol. The molecule has 1 fully saturated rings. The van der Waals surface area contributed by atoms with Crippen molar-refractivity contribution in [2.75, 3.05) is 19.7 Å². The van der Waals surface area contributed by atoms with Crippen molar-refractivity contribution in [2.45, 2.75) is 6.11 Å². The summed E-state index contributed by atoms with van der Waals surface area (Å²) in [7, 11) is 0. The minimum absolute atomic E-state index is 0.0963. The predicted octanol–water partition coefficient (Wildman–Crippen LogP) is 2.56. The minimum Gasteiger partial charge on any atom is -0.327 e. The molecule has 1 amide bonds. The van der Waals surface area contributed by atoms with Crippen LogP contribution in [0.1, 0.15) is 10.4 Å². The van der Waals surface area contributed by atoms with Crippen LogP contribution in [0.5, 0.6) is 0 Å². The third kappa shape index (κ3) is 3.32. The third-order valence-electron chi connectivity index (χ3n) is 2.78. The summed E-state index contributed by atoms with van der Waals surface area (Å²) in [4.78, 5) is 22.5. The molecule has 10 heteroatoms. The molecule has 1 heterocycles. The van der Waals surface area contributed by atoms with Crippen LogP contribution in [0.15, 0.2) is 16.6 Å². The Morgan fingerprint density at radius 2 is 2.14 bits per heavy atom. The Kier molecular flexibility index (Phi) is 4.19. The number of morpholine rings is 1. The van der Waals surface area contributed by atoms with E-state index in [-0.39, 0.29) is 11.0 Å². The molecule has 0 atom stereocenters. The van der Waals surface area contributed by atoms with Crippen molar-refractivity contribution in [3.63, 3.8) is 0 Å². The smallest absolute Gasteiger partial charge is 0.327 e. The number of hydrogen-bond acceptors (Lipinski definition) is 4. The van der Waals surface area contributed by atoms with Crippen molar-refractivity contribution < 1.29 is 27.6 Å². The second-order valence-corrected chi connectivity index (χ2v) is 5.17. The molecule has 0 unspecified atom stereocenters. The molecule has 0 saturated carbocycles. The van der Waals surface area contributed by atoms with Gasteiger partial charge in [-0.3, -0.25) is 14.9 Å². The van der Waals surface area contributed by atoms with E-state index < -0.39 is 47.2 Å². The Balaban J connectivity index is 2.37. The fourth-order valence-electron chi connectivity index (χ4n) is 1.86. The number of nitrogens with zero attached hydrogens (tertiary/aromatic N) is 2. The summed E-state index contributed by atoms with van der Waals surface area (Å²) >= 11 is 2.92. The van der Waals surface area contributed by atoms with Crippen molar-refractivity contribution in [3.05, 3.63) is 38.1 Å². The normalized spacial score (nSPS) is 17.6. The zero-order valence-corrected chi connectivity index (χ0v) is 11.9. The van der Waals surface area contributed by atoms with Crippen molar-refractivity contribution in [3.8, 4) is 0 Å². The molecule has 1 aromatic rings. The number of carbonyl (C=O) groups is 1. The fourth-order valence-corrected chi connectivity index (χ4v) is 2.30. The van der Waals surface area contributed by atoms with Crippen LogP contribution in [0.3, 0.4) is 0 Å². The molecule has 0 radical (unpaired) electrons. The number of rotatable bonds is 2. The van der Waals surface area contributed by atoms with Gasteiger partial charge >= 0.3 is 11.8 Å². The Morgan fingerprint density at radius 1 is 1.48 bits per heavy atom. The van der Waals surface area contributed by atoms with E-state index in [0.717, 1.165) is 12.1 Å². The highest BCUT2D eigenvalue weighted by Crippen LogP contribution is 2.28. The Hall–Kier alpha value is -1.68. The molecule has 1 aromatic carbocycles. The van der Waals surface area contributed by atoms with Crippen molar-refractivity contribution in [1.82, 2.24) is 4.90 Å². The maximum absolute atomic E-state index is 14.0. The first-order valence-electron chi connectivity index (χ1n) is 5.66. The predicted molar refractivity (Wildman–Crippen MR) is 67.6 cm³/mol. The lowest BCUT2D eigenvalue weighted by atomic mass is 10.1. The SMILES string of the molecule is O=C(c1cc(Br)cc([N+](=O)[O-])c1F)N1CCOC(F)(F)C1. The van der Waals surface area contributed by atoms with E-state index in [9.17, 15) is 28.1 Å². The van der Waals surface area contributed by atoms with E-state index in [0.29, 0.717) is 4.90 Å². The second-order valence-electron chi connectivity index (χ2n) is 4.26. The van der Waals surface area contributed by atoms with Crippen LogP contribution < -0.4 is 0 Å². The van der Waals surface area contributed by atoms with Crippen LogP contribution in [0.4, 0.5) is 18.9 Å². The summed E-state index contributed by atoms with van der Waals surface area (Å²) in [5.74, 6) is -2.41. The molecule has 0 aliphatic carbocycles. The van der Waals surface area contributed by atoms with Gasteiger partial charge in [0, 0.05) is 17.1 Å². The molecular formula is C11H8BrF3N2O4. The molecule has 2 rings (SSSR count). The summed E-state index contributed by atoms with van der Waals surface area (Å²) in [5.41, 5.74) is -1.55. The first-order chi connectivity index (χ1) is 9.71. The van der Waals surface area contributed by atoms with Gasteiger partial charge in [-0.2, -0.15) is 13.2 Å². The van der Waals surface area contributed by atoms with E-state index in [4.69, 9.17) is 0 Å². The highest BCUT2D eigenvalue weighted by Gasteiger charge is 2.40. The Bertz CT molecular complexity index is 611. The number of nitro benzene ring substituents is 1. The Morgan fingerprint density at radius 3 is 2.71 bits per heavy atom. The van der Waals surface area contributed by atoms with Crippen LogP contribution in [-0.2, 0) is 4.74 Å². The molecule has 1 saturated heterocycles.